The smallest absolute Gasteiger partial charge is 0.234 e. The molecule has 2 aromatic carbocycles. The fourth-order valence-corrected chi connectivity index (χ4v) is 3.90. The SMILES string of the molecule is CCOc1ccccc1Nc1nnc(SCC(=O)Nc2cccc(C)c2)s1. The molecule has 27 heavy (non-hydrogen) atoms. The molecule has 0 radical (unpaired) electrons. The second kappa shape index (κ2) is 9.38. The number of anilines is 3. The first-order chi connectivity index (χ1) is 13.1. The molecule has 0 atom stereocenters. The summed E-state index contributed by atoms with van der Waals surface area (Å²) >= 11 is 2.76. The molecule has 140 valence electrons. The van der Waals surface area contributed by atoms with E-state index in [0.29, 0.717) is 11.7 Å². The van der Waals surface area contributed by atoms with Crippen LogP contribution < -0.4 is 15.4 Å². The first-order valence-corrected chi connectivity index (χ1v) is 10.3. The molecular weight excluding hydrogens is 380 g/mol. The standard InChI is InChI=1S/C19H20N4O2S2/c1-3-25-16-10-5-4-9-15(16)21-18-22-23-19(27-18)26-12-17(24)20-14-8-6-7-13(2)11-14/h4-11H,3,12H2,1-2H3,(H,20,24)(H,21,22). The van der Waals surface area contributed by atoms with Crippen LogP contribution in [-0.2, 0) is 4.79 Å². The molecule has 8 heteroatoms. The van der Waals surface area contributed by atoms with E-state index in [1.165, 1.54) is 23.1 Å². The number of nitrogens with zero attached hydrogens (tertiary/aromatic N) is 2. The van der Waals surface area contributed by atoms with Crippen LogP contribution in [0, 0.1) is 6.92 Å². The van der Waals surface area contributed by atoms with Crippen LogP contribution in [0.2, 0.25) is 0 Å². The van der Waals surface area contributed by atoms with Gasteiger partial charge in [-0.15, -0.1) is 10.2 Å². The molecule has 2 N–H and O–H groups in total. The van der Waals surface area contributed by atoms with Crippen LogP contribution in [0.3, 0.4) is 0 Å². The summed E-state index contributed by atoms with van der Waals surface area (Å²) in [7, 11) is 0. The van der Waals surface area contributed by atoms with Gasteiger partial charge in [0, 0.05) is 5.69 Å². The number of para-hydroxylation sites is 2. The normalized spacial score (nSPS) is 10.4. The van der Waals surface area contributed by atoms with E-state index in [1.807, 2.05) is 62.4 Å². The fraction of sp³-hybridized carbons (Fsp3) is 0.211. The summed E-state index contributed by atoms with van der Waals surface area (Å²) < 4.78 is 6.32. The number of aromatic nitrogens is 2. The molecule has 6 nitrogen and oxygen atoms in total. The maximum absolute atomic E-state index is 12.1. The van der Waals surface area contributed by atoms with Crippen LogP contribution in [-0.4, -0.2) is 28.5 Å². The van der Waals surface area contributed by atoms with E-state index in [0.717, 1.165) is 27.0 Å². The summed E-state index contributed by atoms with van der Waals surface area (Å²) in [5.41, 5.74) is 2.74. The van der Waals surface area contributed by atoms with Gasteiger partial charge in [-0.3, -0.25) is 4.79 Å². The molecule has 0 fully saturated rings. The Morgan fingerprint density at radius 1 is 1.19 bits per heavy atom. The number of thioether (sulfide) groups is 1. The van der Waals surface area contributed by atoms with Crippen molar-refractivity contribution in [1.82, 2.24) is 10.2 Å². The summed E-state index contributed by atoms with van der Waals surface area (Å²) in [5, 5.41) is 15.0. The number of nitrogens with one attached hydrogen (secondary N) is 2. The van der Waals surface area contributed by atoms with E-state index in [2.05, 4.69) is 20.8 Å². The number of aryl methyl sites for hydroxylation is 1. The van der Waals surface area contributed by atoms with Crippen molar-refractivity contribution in [3.8, 4) is 5.75 Å². The van der Waals surface area contributed by atoms with Crippen LogP contribution in [0.15, 0.2) is 52.9 Å². The predicted octanol–water partition coefficient (Wildman–Crippen LogP) is 4.72. The van der Waals surface area contributed by atoms with Gasteiger partial charge in [-0.25, -0.2) is 0 Å². The topological polar surface area (TPSA) is 76.1 Å². The molecule has 3 rings (SSSR count). The van der Waals surface area contributed by atoms with Gasteiger partial charge >= 0.3 is 0 Å². The average Bonchev–Trinajstić information content (AvgIpc) is 3.09. The lowest BCUT2D eigenvalue weighted by atomic mass is 10.2. The Bertz CT molecular complexity index is 914. The number of carbonyl (C=O) groups is 1. The van der Waals surface area contributed by atoms with Crippen molar-refractivity contribution in [2.45, 2.75) is 18.2 Å². The van der Waals surface area contributed by atoms with Crippen LogP contribution in [0.4, 0.5) is 16.5 Å². The van der Waals surface area contributed by atoms with Crippen LogP contribution in [0.5, 0.6) is 5.75 Å². The zero-order valence-corrected chi connectivity index (χ0v) is 16.7. The molecular formula is C19H20N4O2S2. The first-order valence-electron chi connectivity index (χ1n) is 8.45. The molecule has 1 aromatic heterocycles. The summed E-state index contributed by atoms with van der Waals surface area (Å²) in [6.07, 6.45) is 0. The molecule has 0 aliphatic heterocycles. The van der Waals surface area contributed by atoms with E-state index in [9.17, 15) is 4.79 Å². The van der Waals surface area contributed by atoms with E-state index >= 15 is 0 Å². The largest absolute Gasteiger partial charge is 0.492 e. The molecule has 0 spiro atoms. The number of rotatable bonds is 8. The number of amides is 1. The van der Waals surface area contributed by atoms with Crippen molar-refractivity contribution in [2.75, 3.05) is 23.0 Å². The number of hydrogen-bond donors (Lipinski definition) is 2. The highest BCUT2D eigenvalue weighted by atomic mass is 32.2. The summed E-state index contributed by atoms with van der Waals surface area (Å²) in [4.78, 5) is 12.1. The minimum absolute atomic E-state index is 0.0722. The summed E-state index contributed by atoms with van der Waals surface area (Å²) in [5.74, 6) is 0.969. The van der Waals surface area contributed by atoms with Crippen molar-refractivity contribution in [2.24, 2.45) is 0 Å². The lowest BCUT2D eigenvalue weighted by molar-refractivity contribution is -0.113. The van der Waals surface area contributed by atoms with Gasteiger partial charge in [-0.1, -0.05) is 47.4 Å². The summed E-state index contributed by atoms with van der Waals surface area (Å²) in [6, 6.07) is 15.4. The molecule has 1 heterocycles. The molecule has 0 saturated carbocycles. The van der Waals surface area contributed by atoms with Gasteiger partial charge < -0.3 is 15.4 Å². The second-order valence-electron chi connectivity index (χ2n) is 5.63. The Morgan fingerprint density at radius 3 is 2.85 bits per heavy atom. The van der Waals surface area contributed by atoms with Crippen molar-refractivity contribution in [3.63, 3.8) is 0 Å². The van der Waals surface area contributed by atoms with Crippen LogP contribution in [0.25, 0.3) is 0 Å². The van der Waals surface area contributed by atoms with E-state index in [1.54, 1.807) is 0 Å². The minimum Gasteiger partial charge on any atom is -0.492 e. The predicted molar refractivity (Wildman–Crippen MR) is 111 cm³/mol. The Balaban J connectivity index is 1.54. The van der Waals surface area contributed by atoms with Crippen molar-refractivity contribution in [3.05, 3.63) is 54.1 Å². The van der Waals surface area contributed by atoms with Crippen molar-refractivity contribution < 1.29 is 9.53 Å². The highest BCUT2D eigenvalue weighted by molar-refractivity contribution is 8.01. The van der Waals surface area contributed by atoms with Gasteiger partial charge in [-0.2, -0.15) is 0 Å². The molecule has 0 unspecified atom stereocenters. The Labute approximate surface area is 166 Å². The maximum Gasteiger partial charge on any atom is 0.234 e. The lowest BCUT2D eigenvalue weighted by Crippen LogP contribution is -2.13. The quantitative estimate of drug-likeness (QED) is 0.533. The molecule has 3 aromatic rings. The third-order valence-corrected chi connectivity index (χ3v) is 5.44. The highest BCUT2D eigenvalue weighted by Crippen LogP contribution is 2.31. The molecule has 0 saturated heterocycles. The van der Waals surface area contributed by atoms with Crippen LogP contribution >= 0.6 is 23.1 Å². The average molecular weight is 401 g/mol. The highest BCUT2D eigenvalue weighted by Gasteiger charge is 2.10. The first kappa shape index (κ1) is 19.2. The van der Waals surface area contributed by atoms with Gasteiger partial charge in [0.1, 0.15) is 5.75 Å². The van der Waals surface area contributed by atoms with E-state index < -0.39 is 0 Å². The number of ether oxygens (including phenoxy) is 1. The number of carbonyl (C=O) groups excluding carboxylic acids is 1. The van der Waals surface area contributed by atoms with E-state index in [4.69, 9.17) is 4.74 Å². The maximum atomic E-state index is 12.1. The Hall–Kier alpha value is -2.58. The summed E-state index contributed by atoms with van der Waals surface area (Å²) in [6.45, 7) is 4.52. The zero-order chi connectivity index (χ0) is 19.1. The van der Waals surface area contributed by atoms with Gasteiger partial charge in [0.25, 0.3) is 0 Å². The molecule has 0 aliphatic carbocycles. The third kappa shape index (κ3) is 5.70. The molecule has 0 bridgehead atoms. The van der Waals surface area contributed by atoms with Gasteiger partial charge in [0.15, 0.2) is 4.34 Å². The van der Waals surface area contributed by atoms with Gasteiger partial charge in [-0.05, 0) is 43.7 Å². The van der Waals surface area contributed by atoms with Crippen molar-refractivity contribution >= 4 is 45.5 Å². The zero-order valence-electron chi connectivity index (χ0n) is 15.1. The molecule has 0 aliphatic rings. The number of benzene rings is 2. The Kier molecular flexibility index (Phi) is 6.67. The second-order valence-corrected chi connectivity index (χ2v) is 7.83. The van der Waals surface area contributed by atoms with E-state index in [-0.39, 0.29) is 11.7 Å². The fourth-order valence-electron chi connectivity index (χ4n) is 2.33. The van der Waals surface area contributed by atoms with Gasteiger partial charge in [0.2, 0.25) is 11.0 Å². The van der Waals surface area contributed by atoms with Crippen molar-refractivity contribution in [1.29, 1.82) is 0 Å². The number of hydrogen-bond acceptors (Lipinski definition) is 7. The Morgan fingerprint density at radius 2 is 2.04 bits per heavy atom. The lowest BCUT2D eigenvalue weighted by Gasteiger charge is -2.09. The molecule has 1 amide bonds. The minimum atomic E-state index is -0.0722. The van der Waals surface area contributed by atoms with Crippen LogP contribution in [0.1, 0.15) is 12.5 Å². The monoisotopic (exact) mass is 400 g/mol. The third-order valence-electron chi connectivity index (χ3n) is 3.46. The van der Waals surface area contributed by atoms with Gasteiger partial charge in [0.05, 0.1) is 18.0 Å².